The second kappa shape index (κ2) is 7.49. The number of likely N-dealkylation sites (tertiary alicyclic amines) is 2. The van der Waals surface area contributed by atoms with Crippen LogP contribution in [0.1, 0.15) is 37.7 Å². The van der Waals surface area contributed by atoms with Crippen LogP contribution in [-0.2, 0) is 16.1 Å². The van der Waals surface area contributed by atoms with Crippen molar-refractivity contribution in [3.05, 3.63) is 35.9 Å². The number of amides is 2. The molecule has 1 unspecified atom stereocenters. The SMILES string of the molecule is O=C(C1CCCN1C(=O)OCc1ccccc1)N1CCCCC1. The molecule has 2 aliphatic heterocycles. The summed E-state index contributed by atoms with van der Waals surface area (Å²) in [5.41, 5.74) is 0.957. The van der Waals surface area contributed by atoms with Crippen molar-refractivity contribution < 1.29 is 14.3 Å². The average Bonchev–Trinajstić information content (AvgIpc) is 3.10. The number of benzene rings is 1. The molecule has 124 valence electrons. The van der Waals surface area contributed by atoms with E-state index in [1.54, 1.807) is 4.90 Å². The van der Waals surface area contributed by atoms with Crippen LogP contribution in [0.15, 0.2) is 30.3 Å². The van der Waals surface area contributed by atoms with Crippen molar-refractivity contribution in [2.24, 2.45) is 0 Å². The Labute approximate surface area is 137 Å². The van der Waals surface area contributed by atoms with Gasteiger partial charge >= 0.3 is 6.09 Å². The summed E-state index contributed by atoms with van der Waals surface area (Å²) in [4.78, 5) is 28.5. The molecule has 2 heterocycles. The molecule has 5 heteroatoms. The first-order chi connectivity index (χ1) is 11.3. The molecule has 0 spiro atoms. The van der Waals surface area contributed by atoms with Gasteiger partial charge in [-0.05, 0) is 37.7 Å². The minimum atomic E-state index is -0.373. The second-order valence-electron chi connectivity index (χ2n) is 6.28. The molecular weight excluding hydrogens is 292 g/mol. The van der Waals surface area contributed by atoms with Crippen molar-refractivity contribution in [2.75, 3.05) is 19.6 Å². The Bertz CT molecular complexity index is 540. The van der Waals surface area contributed by atoms with Gasteiger partial charge in [0.2, 0.25) is 5.91 Å². The molecule has 23 heavy (non-hydrogen) atoms. The number of carbonyl (C=O) groups is 2. The first kappa shape index (κ1) is 15.8. The van der Waals surface area contributed by atoms with Gasteiger partial charge in [-0.3, -0.25) is 9.69 Å². The highest BCUT2D eigenvalue weighted by molar-refractivity contribution is 5.86. The van der Waals surface area contributed by atoms with Gasteiger partial charge < -0.3 is 9.64 Å². The van der Waals surface area contributed by atoms with Crippen molar-refractivity contribution in [2.45, 2.75) is 44.8 Å². The van der Waals surface area contributed by atoms with E-state index in [4.69, 9.17) is 4.74 Å². The number of ether oxygens (including phenoxy) is 1. The largest absolute Gasteiger partial charge is 0.445 e. The van der Waals surface area contributed by atoms with Crippen molar-refractivity contribution >= 4 is 12.0 Å². The Morgan fingerprint density at radius 1 is 1.00 bits per heavy atom. The third kappa shape index (κ3) is 3.84. The summed E-state index contributed by atoms with van der Waals surface area (Å²) in [6.07, 6.45) is 4.56. The second-order valence-corrected chi connectivity index (χ2v) is 6.28. The van der Waals surface area contributed by atoms with Gasteiger partial charge in [-0.1, -0.05) is 30.3 Å². The van der Waals surface area contributed by atoms with Crippen LogP contribution >= 0.6 is 0 Å². The monoisotopic (exact) mass is 316 g/mol. The van der Waals surface area contributed by atoms with Gasteiger partial charge in [-0.2, -0.15) is 0 Å². The van der Waals surface area contributed by atoms with Crippen LogP contribution in [0, 0.1) is 0 Å². The molecule has 0 radical (unpaired) electrons. The molecule has 2 amide bonds. The smallest absolute Gasteiger partial charge is 0.410 e. The van der Waals surface area contributed by atoms with Crippen LogP contribution in [0.25, 0.3) is 0 Å². The quantitative estimate of drug-likeness (QED) is 0.861. The van der Waals surface area contributed by atoms with Crippen LogP contribution in [0.4, 0.5) is 4.79 Å². The maximum atomic E-state index is 12.7. The highest BCUT2D eigenvalue weighted by Crippen LogP contribution is 2.22. The molecule has 1 atom stereocenters. The normalized spacial score (nSPS) is 21.3. The Morgan fingerprint density at radius 2 is 1.74 bits per heavy atom. The first-order valence-corrected chi connectivity index (χ1v) is 8.52. The maximum Gasteiger partial charge on any atom is 0.410 e. The lowest BCUT2D eigenvalue weighted by molar-refractivity contribution is -0.136. The Hall–Kier alpha value is -2.04. The van der Waals surface area contributed by atoms with Gasteiger partial charge in [-0.15, -0.1) is 0 Å². The fourth-order valence-corrected chi connectivity index (χ4v) is 3.37. The Morgan fingerprint density at radius 3 is 2.48 bits per heavy atom. The zero-order valence-corrected chi connectivity index (χ0v) is 13.4. The lowest BCUT2D eigenvalue weighted by Gasteiger charge is -2.32. The van der Waals surface area contributed by atoms with E-state index in [0.717, 1.165) is 44.3 Å². The molecule has 2 fully saturated rings. The van der Waals surface area contributed by atoms with E-state index in [-0.39, 0.29) is 24.6 Å². The zero-order valence-electron chi connectivity index (χ0n) is 13.4. The molecule has 1 aromatic carbocycles. The number of carbonyl (C=O) groups excluding carboxylic acids is 2. The number of hydrogen-bond acceptors (Lipinski definition) is 3. The van der Waals surface area contributed by atoms with Gasteiger partial charge in [0.25, 0.3) is 0 Å². The van der Waals surface area contributed by atoms with Gasteiger partial charge in [0.15, 0.2) is 0 Å². The number of nitrogens with zero attached hydrogens (tertiary/aromatic N) is 2. The molecule has 0 N–H and O–H groups in total. The topological polar surface area (TPSA) is 49.9 Å². The number of rotatable bonds is 3. The summed E-state index contributed by atoms with van der Waals surface area (Å²) in [5, 5.41) is 0. The molecular formula is C18H24N2O3. The van der Waals surface area contributed by atoms with Gasteiger partial charge in [0.05, 0.1) is 0 Å². The minimum absolute atomic E-state index is 0.0962. The predicted molar refractivity (Wildman–Crippen MR) is 86.8 cm³/mol. The van der Waals surface area contributed by atoms with Crippen molar-refractivity contribution in [3.8, 4) is 0 Å². The van der Waals surface area contributed by atoms with Crippen LogP contribution in [-0.4, -0.2) is 47.5 Å². The van der Waals surface area contributed by atoms with E-state index in [9.17, 15) is 9.59 Å². The van der Waals surface area contributed by atoms with Crippen LogP contribution in [0.2, 0.25) is 0 Å². The number of piperidine rings is 1. The van der Waals surface area contributed by atoms with E-state index in [1.807, 2.05) is 35.2 Å². The van der Waals surface area contributed by atoms with E-state index in [0.29, 0.717) is 6.54 Å². The molecule has 2 aliphatic rings. The van der Waals surface area contributed by atoms with Crippen LogP contribution in [0.3, 0.4) is 0 Å². The maximum absolute atomic E-state index is 12.7. The molecule has 0 aliphatic carbocycles. The van der Waals surface area contributed by atoms with Gasteiger partial charge in [0.1, 0.15) is 12.6 Å². The summed E-state index contributed by atoms with van der Waals surface area (Å²) in [6, 6.07) is 9.28. The van der Waals surface area contributed by atoms with Crippen molar-refractivity contribution in [1.29, 1.82) is 0 Å². The van der Waals surface area contributed by atoms with Crippen LogP contribution < -0.4 is 0 Å². The minimum Gasteiger partial charge on any atom is -0.445 e. The summed E-state index contributed by atoms with van der Waals surface area (Å²) < 4.78 is 5.40. The summed E-state index contributed by atoms with van der Waals surface area (Å²) in [6.45, 7) is 2.50. The zero-order chi connectivity index (χ0) is 16.1. The molecule has 0 bridgehead atoms. The lowest BCUT2D eigenvalue weighted by Crippen LogP contribution is -2.49. The summed E-state index contributed by atoms with van der Waals surface area (Å²) >= 11 is 0. The molecule has 1 aromatic rings. The molecule has 2 saturated heterocycles. The van der Waals surface area contributed by atoms with E-state index in [2.05, 4.69) is 0 Å². The molecule has 0 saturated carbocycles. The van der Waals surface area contributed by atoms with E-state index in [1.165, 1.54) is 6.42 Å². The fraction of sp³-hybridized carbons (Fsp3) is 0.556. The molecule has 5 nitrogen and oxygen atoms in total. The van der Waals surface area contributed by atoms with Gasteiger partial charge in [0, 0.05) is 19.6 Å². The molecule has 3 rings (SSSR count). The predicted octanol–water partition coefficient (Wildman–Crippen LogP) is 2.80. The van der Waals surface area contributed by atoms with Crippen LogP contribution in [0.5, 0.6) is 0 Å². The summed E-state index contributed by atoms with van der Waals surface area (Å²) in [7, 11) is 0. The average molecular weight is 316 g/mol. The number of hydrogen-bond donors (Lipinski definition) is 0. The third-order valence-electron chi connectivity index (χ3n) is 4.65. The Balaban J connectivity index is 1.57. The van der Waals surface area contributed by atoms with E-state index >= 15 is 0 Å². The van der Waals surface area contributed by atoms with Crippen molar-refractivity contribution in [1.82, 2.24) is 9.80 Å². The van der Waals surface area contributed by atoms with Crippen molar-refractivity contribution in [3.63, 3.8) is 0 Å². The van der Waals surface area contributed by atoms with Gasteiger partial charge in [-0.25, -0.2) is 4.79 Å². The molecule has 0 aromatic heterocycles. The standard InChI is InChI=1S/C18H24N2O3/c21-17(19-11-5-2-6-12-19)16-10-7-13-20(16)18(22)23-14-15-8-3-1-4-9-15/h1,3-4,8-9,16H,2,5-7,10-14H2. The van der Waals surface area contributed by atoms with E-state index < -0.39 is 0 Å². The first-order valence-electron chi connectivity index (χ1n) is 8.52. The summed E-state index contributed by atoms with van der Waals surface area (Å²) in [5.74, 6) is 0.0962. The fourth-order valence-electron chi connectivity index (χ4n) is 3.37. The Kier molecular flexibility index (Phi) is 5.16. The highest BCUT2D eigenvalue weighted by Gasteiger charge is 2.37. The lowest BCUT2D eigenvalue weighted by atomic mass is 10.1. The third-order valence-corrected chi connectivity index (χ3v) is 4.65. The highest BCUT2D eigenvalue weighted by atomic mass is 16.6.